The van der Waals surface area contributed by atoms with Gasteiger partial charge in [0.05, 0.1) is 5.82 Å². The van der Waals surface area contributed by atoms with Gasteiger partial charge in [-0.25, -0.2) is 4.39 Å². The summed E-state index contributed by atoms with van der Waals surface area (Å²) in [5.41, 5.74) is 1.40. The molecule has 0 nitrogen and oxygen atoms in total. The van der Waals surface area contributed by atoms with Crippen molar-refractivity contribution in [2.24, 2.45) is 17.8 Å². The van der Waals surface area contributed by atoms with Crippen LogP contribution in [0.2, 0.25) is 0 Å². The van der Waals surface area contributed by atoms with Gasteiger partial charge in [-0.2, -0.15) is 12.1 Å². The van der Waals surface area contributed by atoms with Crippen molar-refractivity contribution in [3.63, 3.8) is 0 Å². The predicted octanol–water partition coefficient (Wildman–Crippen LogP) is 4.12. The molecule has 0 spiro atoms. The number of allylic oxidation sites excluding steroid dienone is 4. The van der Waals surface area contributed by atoms with E-state index in [9.17, 15) is 8.78 Å². The van der Waals surface area contributed by atoms with Crippen molar-refractivity contribution in [2.45, 2.75) is 64.7 Å². The average Bonchev–Trinajstić information content (AvgIpc) is 2.65. The first kappa shape index (κ1) is 22.7. The van der Waals surface area contributed by atoms with E-state index in [1.165, 1.54) is 44.6 Å². The minimum atomic E-state index is -0.866. The van der Waals surface area contributed by atoms with E-state index in [0.717, 1.165) is 36.7 Å². The Labute approximate surface area is 206 Å². The molecule has 1 aromatic carbocycles. The van der Waals surface area contributed by atoms with Crippen molar-refractivity contribution in [3.05, 3.63) is 53.6 Å². The van der Waals surface area contributed by atoms with Gasteiger partial charge in [0, 0.05) is 5.82 Å². The molecule has 0 amide bonds. The van der Waals surface area contributed by atoms with E-state index in [0.29, 0.717) is 11.5 Å². The minimum Gasteiger partial charge on any atom is -0.281 e. The molecule has 0 radical (unpaired) electrons. The molecule has 1 atom stereocenters. The first-order valence-corrected chi connectivity index (χ1v) is 9.90. The average molecular weight is 429 g/mol. The van der Waals surface area contributed by atoms with Crippen LogP contribution < -0.4 is 58.2 Å². The Balaban J connectivity index is 0.00000243. The fraction of sp³-hybridized carbons (Fsp3) is 0.565. The van der Waals surface area contributed by atoms with E-state index in [1.54, 1.807) is 6.07 Å². The molecule has 1 unspecified atom stereocenters. The van der Waals surface area contributed by atoms with Crippen LogP contribution in [0, 0.1) is 35.5 Å². The maximum Gasteiger partial charge on any atom is 1.00 e. The summed E-state index contributed by atoms with van der Waals surface area (Å²) < 4.78 is 27.3. The van der Waals surface area contributed by atoms with E-state index in [2.05, 4.69) is 31.2 Å². The molecule has 3 rings (SSSR count). The Kier molecular flexibility index (Phi) is 9.92. The summed E-state index contributed by atoms with van der Waals surface area (Å²) >= 11 is 0. The van der Waals surface area contributed by atoms with E-state index in [4.69, 9.17) is 0 Å². The second-order valence-electron chi connectivity index (χ2n) is 7.67. The monoisotopic (exact) mass is 428 g/mol. The molecule has 0 heterocycles. The zero-order chi connectivity index (χ0) is 17.6. The second kappa shape index (κ2) is 11.4. The van der Waals surface area contributed by atoms with Gasteiger partial charge in [-0.1, -0.05) is 42.7 Å². The van der Waals surface area contributed by atoms with Crippen LogP contribution in [0.15, 0.2) is 30.4 Å². The quantitative estimate of drug-likeness (QED) is 0.489. The Morgan fingerprint density at radius 2 is 1.88 bits per heavy atom. The Hall–Kier alpha value is 0.365. The standard InChI is InChI=1S/C23H29F2.Rb/c1-2-3-4-6-17-9-11-18(12-10-17)19-13-15-20(16-14-19)21-7-5-8-22(24)23(21)25;/h4-7,15,17-19H,2-3,9-14,16H2,1H3;/q-1;+1/b6-4+;. The van der Waals surface area contributed by atoms with Gasteiger partial charge in [-0.05, 0) is 69.1 Å². The molecular weight excluding hydrogens is 400 g/mol. The van der Waals surface area contributed by atoms with Gasteiger partial charge in [-0.15, -0.1) is 6.07 Å². The Bertz CT molecular complexity index is 627. The first-order valence-electron chi connectivity index (χ1n) is 9.90. The van der Waals surface area contributed by atoms with Gasteiger partial charge in [-0.3, -0.25) is 4.39 Å². The summed E-state index contributed by atoms with van der Waals surface area (Å²) in [6.45, 7) is 2.22. The van der Waals surface area contributed by atoms with E-state index >= 15 is 0 Å². The van der Waals surface area contributed by atoms with Crippen molar-refractivity contribution in [1.29, 1.82) is 0 Å². The van der Waals surface area contributed by atoms with Gasteiger partial charge in [0.25, 0.3) is 0 Å². The topological polar surface area (TPSA) is 0 Å². The first-order chi connectivity index (χ1) is 12.2. The molecule has 2 aliphatic rings. The number of benzene rings is 1. The zero-order valence-corrected chi connectivity index (χ0v) is 21.2. The van der Waals surface area contributed by atoms with Gasteiger partial charge in [0.1, 0.15) is 0 Å². The largest absolute Gasteiger partial charge is 1.00 e. The van der Waals surface area contributed by atoms with Crippen molar-refractivity contribution in [2.75, 3.05) is 0 Å². The molecule has 3 heteroatoms. The van der Waals surface area contributed by atoms with Crippen LogP contribution in [-0.4, -0.2) is 0 Å². The Morgan fingerprint density at radius 3 is 2.54 bits per heavy atom. The molecule has 26 heavy (non-hydrogen) atoms. The number of hydrogen-bond donors (Lipinski definition) is 0. The summed E-state index contributed by atoms with van der Waals surface area (Å²) in [4.78, 5) is 0. The van der Waals surface area contributed by atoms with Crippen LogP contribution in [0.3, 0.4) is 0 Å². The summed E-state index contributed by atoms with van der Waals surface area (Å²) in [6, 6.07) is 5.42. The maximum atomic E-state index is 14.0. The fourth-order valence-electron chi connectivity index (χ4n) is 4.49. The van der Waals surface area contributed by atoms with Gasteiger partial charge in [0.15, 0.2) is 0 Å². The maximum absolute atomic E-state index is 14.0. The summed E-state index contributed by atoms with van der Waals surface area (Å²) in [6.07, 6.45) is 17.6. The molecule has 0 N–H and O–H groups in total. The SMILES string of the molecule is CCC/C=C/C1CCC(C2CC=C(c3cc[c-]c(F)c3F)CC2)CC1.[Rb+]. The van der Waals surface area contributed by atoms with Crippen molar-refractivity contribution in [3.8, 4) is 0 Å². The third kappa shape index (κ3) is 5.93. The summed E-state index contributed by atoms with van der Waals surface area (Å²) in [7, 11) is 0. The molecule has 2 aliphatic carbocycles. The van der Waals surface area contributed by atoms with Gasteiger partial charge < -0.3 is 0 Å². The number of rotatable bonds is 5. The van der Waals surface area contributed by atoms with E-state index in [-0.39, 0.29) is 58.2 Å². The molecular formula is C23H29F2Rb. The van der Waals surface area contributed by atoms with E-state index < -0.39 is 11.6 Å². The molecule has 0 saturated heterocycles. The molecule has 1 fully saturated rings. The number of unbranched alkanes of at least 4 members (excludes halogenated alkanes) is 1. The normalized spacial score (nSPS) is 26.4. The van der Waals surface area contributed by atoms with Crippen LogP contribution in [-0.2, 0) is 0 Å². The summed E-state index contributed by atoms with van der Waals surface area (Å²) in [5.74, 6) is 0.684. The van der Waals surface area contributed by atoms with Gasteiger partial charge in [0.2, 0.25) is 0 Å². The van der Waals surface area contributed by atoms with Crippen LogP contribution in [0.25, 0.3) is 5.57 Å². The molecule has 0 aromatic heterocycles. The second-order valence-corrected chi connectivity index (χ2v) is 7.67. The number of halogens is 2. The van der Waals surface area contributed by atoms with Crippen molar-refractivity contribution < 1.29 is 67.0 Å². The molecule has 1 aromatic rings. The van der Waals surface area contributed by atoms with Gasteiger partial charge >= 0.3 is 58.2 Å². The minimum absolute atomic E-state index is 0. The third-order valence-electron chi connectivity index (χ3n) is 6.03. The Morgan fingerprint density at radius 1 is 1.12 bits per heavy atom. The molecule has 1 saturated carbocycles. The third-order valence-corrected chi connectivity index (χ3v) is 6.03. The van der Waals surface area contributed by atoms with E-state index in [1.807, 2.05) is 0 Å². The van der Waals surface area contributed by atoms with Crippen LogP contribution in [0.5, 0.6) is 0 Å². The van der Waals surface area contributed by atoms with Crippen LogP contribution in [0.1, 0.15) is 70.3 Å². The number of hydrogen-bond acceptors (Lipinski definition) is 0. The fourth-order valence-corrected chi connectivity index (χ4v) is 4.49. The molecule has 136 valence electrons. The molecule has 0 bridgehead atoms. The van der Waals surface area contributed by atoms with Crippen LogP contribution in [0.4, 0.5) is 8.78 Å². The van der Waals surface area contributed by atoms with Crippen molar-refractivity contribution in [1.82, 2.24) is 0 Å². The molecule has 0 aliphatic heterocycles. The smallest absolute Gasteiger partial charge is 0.281 e. The zero-order valence-electron chi connectivity index (χ0n) is 16.2. The summed E-state index contributed by atoms with van der Waals surface area (Å²) in [5, 5.41) is 0. The van der Waals surface area contributed by atoms with Crippen molar-refractivity contribution >= 4 is 5.57 Å². The predicted molar refractivity (Wildman–Crippen MR) is 100 cm³/mol. The van der Waals surface area contributed by atoms with Crippen LogP contribution >= 0.6 is 0 Å².